The monoisotopic (exact) mass is 618 g/mol. The van der Waals surface area contributed by atoms with Crippen LogP contribution in [0.4, 0.5) is 11.4 Å². The quantitative estimate of drug-likeness (QED) is 0.0990. The van der Waals surface area contributed by atoms with Gasteiger partial charge in [0.05, 0.1) is 18.0 Å². The van der Waals surface area contributed by atoms with Gasteiger partial charge in [-0.15, -0.1) is 0 Å². The molecule has 0 saturated heterocycles. The molecule has 3 aromatic rings. The Kier molecular flexibility index (Phi) is 12.5. The van der Waals surface area contributed by atoms with Gasteiger partial charge in [0.1, 0.15) is 11.8 Å². The van der Waals surface area contributed by atoms with Crippen molar-refractivity contribution >= 4 is 29.2 Å². The number of carbonyl (C=O) groups excluding carboxylic acids is 1. The first-order valence-electron chi connectivity index (χ1n) is 14.4. The van der Waals surface area contributed by atoms with Gasteiger partial charge < -0.3 is 30.9 Å². The molecule has 0 aromatic heterocycles. The molecule has 0 aliphatic heterocycles. The molecule has 0 bridgehead atoms. The number of anilines is 2. The maximum Gasteiger partial charge on any atom is 0.326 e. The largest absolute Gasteiger partial charge is 0.497 e. The van der Waals surface area contributed by atoms with Crippen LogP contribution in [0.2, 0.25) is 0 Å². The number of nitrogens with zero attached hydrogens (tertiary/aromatic N) is 1. The Balaban J connectivity index is 1.72. The number of ether oxygens (including phenoxy) is 1. The van der Waals surface area contributed by atoms with Crippen molar-refractivity contribution in [3.8, 4) is 5.75 Å². The van der Waals surface area contributed by atoms with E-state index >= 15 is 0 Å². The Labute approximate surface area is 261 Å². The third kappa shape index (κ3) is 11.3. The number of nitro groups is 1. The Morgan fingerprint density at radius 3 is 1.93 bits per heavy atom. The van der Waals surface area contributed by atoms with Crippen molar-refractivity contribution in [1.82, 2.24) is 5.32 Å². The normalized spacial score (nSPS) is 12.6. The van der Waals surface area contributed by atoms with E-state index in [0.717, 1.165) is 11.8 Å². The number of carboxylic acid groups (broad SMARTS) is 2. The highest BCUT2D eigenvalue weighted by molar-refractivity contribution is 5.88. The van der Waals surface area contributed by atoms with Gasteiger partial charge in [0.2, 0.25) is 5.91 Å². The van der Waals surface area contributed by atoms with Gasteiger partial charge in [-0.25, -0.2) is 4.79 Å². The summed E-state index contributed by atoms with van der Waals surface area (Å²) < 4.78 is 5.14. The first-order valence-corrected chi connectivity index (χ1v) is 14.4. The number of amides is 1. The third-order valence-electron chi connectivity index (χ3n) is 6.92. The highest BCUT2D eigenvalue weighted by Gasteiger charge is 2.27. The van der Waals surface area contributed by atoms with Crippen LogP contribution in [-0.4, -0.2) is 46.1 Å². The number of nitrogens with one attached hydrogen (secondary N) is 3. The average molecular weight is 619 g/mol. The number of aliphatic carboxylic acids is 2. The molecule has 0 aliphatic rings. The molecule has 12 nitrogen and oxygen atoms in total. The molecule has 0 saturated carbocycles. The molecule has 238 valence electrons. The molecule has 0 fully saturated rings. The van der Waals surface area contributed by atoms with Crippen LogP contribution >= 0.6 is 0 Å². The smallest absolute Gasteiger partial charge is 0.326 e. The van der Waals surface area contributed by atoms with E-state index in [9.17, 15) is 29.6 Å². The van der Waals surface area contributed by atoms with Crippen LogP contribution in [-0.2, 0) is 27.2 Å². The van der Waals surface area contributed by atoms with E-state index in [4.69, 9.17) is 9.84 Å². The first kappa shape index (κ1) is 34.1. The number of rotatable bonds is 17. The predicted octanol–water partition coefficient (Wildman–Crippen LogP) is 5.25. The molecule has 0 radical (unpaired) electrons. The van der Waals surface area contributed by atoms with Crippen LogP contribution in [0, 0.1) is 16.0 Å². The van der Waals surface area contributed by atoms with Crippen LogP contribution < -0.4 is 20.7 Å². The van der Waals surface area contributed by atoms with Crippen molar-refractivity contribution < 1.29 is 34.3 Å². The number of hydrogen-bond acceptors (Lipinski definition) is 8. The summed E-state index contributed by atoms with van der Waals surface area (Å²) in [5.41, 5.74) is 3.32. The van der Waals surface area contributed by atoms with Crippen LogP contribution in [0.1, 0.15) is 49.3 Å². The molecule has 0 heterocycles. The van der Waals surface area contributed by atoms with Crippen LogP contribution in [0.15, 0.2) is 84.8 Å². The van der Waals surface area contributed by atoms with Crippen LogP contribution in [0.3, 0.4) is 0 Å². The highest BCUT2D eigenvalue weighted by Crippen LogP contribution is 2.27. The fourth-order valence-corrected chi connectivity index (χ4v) is 4.65. The summed E-state index contributed by atoms with van der Waals surface area (Å²) >= 11 is 0. The minimum absolute atomic E-state index is 0.00122. The van der Waals surface area contributed by atoms with Gasteiger partial charge >= 0.3 is 11.9 Å². The SMILES string of the molecule is COc1ccc(NC(=C[N+](=O)[O-])Nc2ccc(C(CC(C)C)C(=O)NC(Cc3ccc(CCC(=O)O)cc3)C(=O)O)cc2)cc1. The summed E-state index contributed by atoms with van der Waals surface area (Å²) in [5, 5.41) is 38.6. The molecule has 2 unspecified atom stereocenters. The second kappa shape index (κ2) is 16.5. The Hall–Kier alpha value is -5.39. The second-order valence-corrected chi connectivity index (χ2v) is 10.9. The summed E-state index contributed by atoms with van der Waals surface area (Å²) in [6.07, 6.45) is 1.70. The number of carbonyl (C=O) groups is 3. The van der Waals surface area contributed by atoms with Crippen LogP contribution in [0.5, 0.6) is 5.75 Å². The van der Waals surface area contributed by atoms with Gasteiger partial charge in [-0.3, -0.25) is 19.7 Å². The average Bonchev–Trinajstić information content (AvgIpc) is 2.99. The molecule has 5 N–H and O–H groups in total. The zero-order valence-corrected chi connectivity index (χ0v) is 25.4. The number of hydrogen-bond donors (Lipinski definition) is 5. The molecule has 12 heteroatoms. The zero-order valence-electron chi connectivity index (χ0n) is 25.4. The molecule has 0 aliphatic carbocycles. The minimum Gasteiger partial charge on any atom is -0.497 e. The van der Waals surface area contributed by atoms with Gasteiger partial charge in [0.25, 0.3) is 6.20 Å². The van der Waals surface area contributed by atoms with E-state index in [1.807, 2.05) is 13.8 Å². The van der Waals surface area contributed by atoms with Crippen molar-refractivity contribution in [3.05, 3.63) is 112 Å². The number of aryl methyl sites for hydroxylation is 1. The molecule has 1 amide bonds. The molecular weight excluding hydrogens is 580 g/mol. The lowest BCUT2D eigenvalue weighted by molar-refractivity contribution is -0.403. The number of carboxylic acids is 2. The lowest BCUT2D eigenvalue weighted by Crippen LogP contribution is -2.44. The second-order valence-electron chi connectivity index (χ2n) is 10.9. The lowest BCUT2D eigenvalue weighted by atomic mass is 9.89. The van der Waals surface area contributed by atoms with Crippen LogP contribution in [0.25, 0.3) is 0 Å². The maximum atomic E-state index is 13.5. The Morgan fingerprint density at radius 2 is 1.44 bits per heavy atom. The number of methoxy groups -OCH3 is 1. The Bertz CT molecular complexity index is 1490. The molecule has 3 rings (SSSR count). The van der Waals surface area contributed by atoms with Gasteiger partial charge in [0.15, 0.2) is 5.82 Å². The van der Waals surface area contributed by atoms with E-state index in [-0.39, 0.29) is 24.6 Å². The fraction of sp³-hybridized carbons (Fsp3) is 0.303. The maximum absolute atomic E-state index is 13.5. The van der Waals surface area contributed by atoms with Crippen molar-refractivity contribution in [2.24, 2.45) is 5.92 Å². The van der Waals surface area contributed by atoms with Crippen molar-refractivity contribution in [1.29, 1.82) is 0 Å². The molecule has 2 atom stereocenters. The lowest BCUT2D eigenvalue weighted by Gasteiger charge is -2.23. The zero-order chi connectivity index (χ0) is 32.9. The van der Waals surface area contributed by atoms with E-state index in [2.05, 4.69) is 16.0 Å². The van der Waals surface area contributed by atoms with E-state index in [1.165, 1.54) is 0 Å². The fourth-order valence-electron chi connectivity index (χ4n) is 4.65. The standard InChI is InChI=1S/C33H38N4O8/c1-21(2)18-28(32(40)36-29(33(41)42)19-23-6-4-22(5-7-23)8-17-31(38)39)24-9-11-25(12-10-24)34-30(20-37(43)44)35-26-13-15-27(45-3)16-14-26/h4-7,9-16,20-21,28-29,34-35H,8,17-19H2,1-3H3,(H,36,40)(H,38,39)(H,41,42). The topological polar surface area (TPSA) is 180 Å². The minimum atomic E-state index is -1.17. The van der Waals surface area contributed by atoms with Crippen molar-refractivity contribution in [2.45, 2.75) is 51.5 Å². The van der Waals surface area contributed by atoms with E-state index < -0.39 is 34.7 Å². The van der Waals surface area contributed by atoms with Gasteiger partial charge in [-0.2, -0.15) is 0 Å². The van der Waals surface area contributed by atoms with Gasteiger partial charge in [-0.1, -0.05) is 50.2 Å². The van der Waals surface area contributed by atoms with E-state index in [1.54, 1.807) is 79.9 Å². The Morgan fingerprint density at radius 1 is 0.889 bits per heavy atom. The van der Waals surface area contributed by atoms with Crippen molar-refractivity contribution in [2.75, 3.05) is 17.7 Å². The summed E-state index contributed by atoms with van der Waals surface area (Å²) in [4.78, 5) is 47.1. The predicted molar refractivity (Wildman–Crippen MR) is 170 cm³/mol. The summed E-state index contributed by atoms with van der Waals surface area (Å²) in [6.45, 7) is 3.94. The van der Waals surface area contributed by atoms with Gasteiger partial charge in [0, 0.05) is 24.2 Å². The summed E-state index contributed by atoms with van der Waals surface area (Å²) in [7, 11) is 1.54. The third-order valence-corrected chi connectivity index (χ3v) is 6.92. The first-order chi connectivity index (χ1) is 21.4. The summed E-state index contributed by atoms with van der Waals surface area (Å²) in [6, 6.07) is 19.6. The highest BCUT2D eigenvalue weighted by atomic mass is 16.6. The summed E-state index contributed by atoms with van der Waals surface area (Å²) in [5.74, 6) is -2.24. The molecule has 0 spiro atoms. The molecular formula is C33H38N4O8. The van der Waals surface area contributed by atoms with Crippen molar-refractivity contribution in [3.63, 3.8) is 0 Å². The molecule has 45 heavy (non-hydrogen) atoms. The van der Waals surface area contributed by atoms with Gasteiger partial charge in [-0.05, 0) is 71.8 Å². The number of benzene rings is 3. The van der Waals surface area contributed by atoms with E-state index in [0.29, 0.717) is 41.1 Å². The molecule has 3 aromatic carbocycles.